The van der Waals surface area contributed by atoms with Crippen molar-refractivity contribution in [1.29, 1.82) is 0 Å². The predicted molar refractivity (Wildman–Crippen MR) is 100 cm³/mol. The van der Waals surface area contributed by atoms with E-state index in [2.05, 4.69) is 17.2 Å². The van der Waals surface area contributed by atoms with Crippen LogP contribution in [0.3, 0.4) is 0 Å². The van der Waals surface area contributed by atoms with Gasteiger partial charge >= 0.3 is 0 Å². The van der Waals surface area contributed by atoms with Crippen LogP contribution < -0.4 is 15.0 Å². The van der Waals surface area contributed by atoms with Crippen molar-refractivity contribution in [1.82, 2.24) is 10.3 Å². The van der Waals surface area contributed by atoms with Gasteiger partial charge in [-0.15, -0.1) is 0 Å². The van der Waals surface area contributed by atoms with E-state index in [4.69, 9.17) is 4.74 Å². The zero-order valence-electron chi connectivity index (χ0n) is 15.8. The monoisotopic (exact) mass is 359 g/mol. The number of hydrogen-bond donors (Lipinski definition) is 1. The van der Waals surface area contributed by atoms with Crippen molar-refractivity contribution in [3.05, 3.63) is 18.3 Å². The van der Waals surface area contributed by atoms with E-state index in [0.29, 0.717) is 18.1 Å². The first kappa shape index (κ1) is 18.7. The lowest BCUT2D eigenvalue weighted by Gasteiger charge is -2.39. The highest BCUT2D eigenvalue weighted by Crippen LogP contribution is 2.36. The summed E-state index contributed by atoms with van der Waals surface area (Å²) in [5.41, 5.74) is -1.55. The van der Waals surface area contributed by atoms with Gasteiger partial charge < -0.3 is 10.1 Å². The number of fused-ring (bicyclic) bond motifs is 1. The molecular formula is C20H29N3O3. The molecule has 0 bridgehead atoms. The fourth-order valence-electron chi connectivity index (χ4n) is 3.70. The molecule has 0 saturated heterocycles. The maximum Gasteiger partial charge on any atom is 0.282 e. The van der Waals surface area contributed by atoms with Crippen molar-refractivity contribution in [3.63, 3.8) is 0 Å². The molecule has 0 aromatic carbocycles. The number of anilines is 1. The summed E-state index contributed by atoms with van der Waals surface area (Å²) in [5, 5.41) is 3.08. The first-order valence-electron chi connectivity index (χ1n) is 9.83. The molecule has 1 aliphatic carbocycles. The number of nitrogens with one attached hydrogen (secondary N) is 1. The summed E-state index contributed by atoms with van der Waals surface area (Å²) >= 11 is 0. The molecule has 1 aliphatic heterocycles. The first-order valence-corrected chi connectivity index (χ1v) is 9.83. The zero-order valence-corrected chi connectivity index (χ0v) is 15.8. The van der Waals surface area contributed by atoms with Gasteiger partial charge in [0, 0.05) is 18.8 Å². The molecule has 1 fully saturated rings. The Bertz CT molecular complexity index is 655. The summed E-state index contributed by atoms with van der Waals surface area (Å²) in [6.07, 6.45) is 10.0. The van der Waals surface area contributed by atoms with E-state index >= 15 is 0 Å². The normalized spacial score (nSPS) is 23.8. The second kappa shape index (κ2) is 8.06. The molecule has 0 radical (unpaired) electrons. The molecule has 142 valence electrons. The predicted octanol–water partition coefficient (Wildman–Crippen LogP) is 3.20. The number of nitrogens with zero attached hydrogens (tertiary/aromatic N) is 2. The minimum atomic E-state index is -1.55. The summed E-state index contributed by atoms with van der Waals surface area (Å²) in [6.45, 7) is 4.19. The van der Waals surface area contributed by atoms with Crippen LogP contribution in [0.4, 0.5) is 5.82 Å². The van der Waals surface area contributed by atoms with E-state index in [1.54, 1.807) is 30.2 Å². The highest BCUT2D eigenvalue weighted by molar-refractivity contribution is 6.16. The Hall–Kier alpha value is -2.11. The van der Waals surface area contributed by atoms with Crippen LogP contribution in [-0.2, 0) is 9.59 Å². The fraction of sp³-hybridized carbons (Fsp3) is 0.650. The van der Waals surface area contributed by atoms with Gasteiger partial charge in [0.1, 0.15) is 0 Å². The van der Waals surface area contributed by atoms with Crippen LogP contribution in [0.5, 0.6) is 5.75 Å². The number of rotatable bonds is 5. The second-order valence-corrected chi connectivity index (χ2v) is 7.43. The van der Waals surface area contributed by atoms with Gasteiger partial charge in [0.2, 0.25) is 0 Å². The molecule has 6 nitrogen and oxygen atoms in total. The van der Waals surface area contributed by atoms with Crippen molar-refractivity contribution >= 4 is 17.6 Å². The number of hydrogen-bond acceptors (Lipinski definition) is 4. The van der Waals surface area contributed by atoms with Gasteiger partial charge in [-0.25, -0.2) is 4.98 Å². The van der Waals surface area contributed by atoms with Crippen molar-refractivity contribution in [3.8, 4) is 5.75 Å². The maximum atomic E-state index is 13.2. The number of ether oxygens (including phenoxy) is 1. The molecule has 2 heterocycles. The Balaban J connectivity index is 1.83. The van der Waals surface area contributed by atoms with Crippen LogP contribution >= 0.6 is 0 Å². The molecule has 2 aliphatic rings. The van der Waals surface area contributed by atoms with Crippen LogP contribution in [0, 0.1) is 0 Å². The third-order valence-corrected chi connectivity index (χ3v) is 5.33. The highest BCUT2D eigenvalue weighted by Gasteiger charge is 2.51. The van der Waals surface area contributed by atoms with E-state index in [1.807, 2.05) is 0 Å². The molecular weight excluding hydrogens is 330 g/mol. The van der Waals surface area contributed by atoms with Gasteiger partial charge in [-0.1, -0.05) is 39.0 Å². The first-order chi connectivity index (χ1) is 12.6. The second-order valence-electron chi connectivity index (χ2n) is 7.43. The summed E-state index contributed by atoms with van der Waals surface area (Å²) in [5.74, 6) is 0.320. The van der Waals surface area contributed by atoms with E-state index in [1.165, 1.54) is 12.8 Å². The molecule has 26 heavy (non-hydrogen) atoms. The van der Waals surface area contributed by atoms with Crippen molar-refractivity contribution in [2.24, 2.45) is 0 Å². The van der Waals surface area contributed by atoms with Gasteiger partial charge in [0.05, 0.1) is 0 Å². The Labute approximate surface area is 155 Å². The standard InChI is InChI=1S/C20H29N3O3/c1-3-4-14-23-17-16(12-9-13-21-17)26-20(2,19(23)25)18(24)22-15-10-7-5-6-8-11-15/h9,12-13,15H,3-8,10-11,14H2,1-2H3,(H,22,24). The number of carbonyl (C=O) groups is 2. The summed E-state index contributed by atoms with van der Waals surface area (Å²) in [4.78, 5) is 32.1. The number of unbranched alkanes of at least 4 members (excludes halogenated alkanes) is 1. The van der Waals surface area contributed by atoms with Crippen LogP contribution in [0.2, 0.25) is 0 Å². The van der Waals surface area contributed by atoms with Crippen LogP contribution in [0.1, 0.15) is 65.2 Å². The molecule has 0 spiro atoms. The average molecular weight is 359 g/mol. The quantitative estimate of drug-likeness (QED) is 0.647. The smallest absolute Gasteiger partial charge is 0.282 e. The van der Waals surface area contributed by atoms with E-state index < -0.39 is 5.60 Å². The lowest BCUT2D eigenvalue weighted by atomic mass is 9.99. The Morgan fingerprint density at radius 1 is 1.35 bits per heavy atom. The molecule has 1 saturated carbocycles. The van der Waals surface area contributed by atoms with Gasteiger partial charge in [-0.3, -0.25) is 14.5 Å². The maximum absolute atomic E-state index is 13.2. The van der Waals surface area contributed by atoms with Crippen molar-refractivity contribution in [2.75, 3.05) is 11.4 Å². The minimum absolute atomic E-state index is 0.123. The molecule has 2 amide bonds. The third kappa shape index (κ3) is 3.69. The number of amides is 2. The van der Waals surface area contributed by atoms with E-state index in [-0.39, 0.29) is 17.9 Å². The van der Waals surface area contributed by atoms with Crippen LogP contribution in [0.15, 0.2) is 18.3 Å². The molecule has 3 rings (SSSR count). The van der Waals surface area contributed by atoms with Crippen LogP contribution in [0.25, 0.3) is 0 Å². The number of pyridine rings is 1. The largest absolute Gasteiger partial charge is 0.464 e. The van der Waals surface area contributed by atoms with Crippen molar-refractivity contribution in [2.45, 2.75) is 76.9 Å². The van der Waals surface area contributed by atoms with Gasteiger partial charge in [0.25, 0.3) is 17.4 Å². The minimum Gasteiger partial charge on any atom is -0.464 e. The SMILES string of the molecule is CCCCN1C(=O)C(C)(C(=O)NC2CCCCCC2)Oc2cccnc21. The Kier molecular flexibility index (Phi) is 5.79. The highest BCUT2D eigenvalue weighted by atomic mass is 16.5. The molecule has 1 aromatic rings. The molecule has 6 heteroatoms. The van der Waals surface area contributed by atoms with E-state index in [0.717, 1.165) is 38.5 Å². The fourth-order valence-corrected chi connectivity index (χ4v) is 3.70. The average Bonchev–Trinajstić information content (AvgIpc) is 2.91. The topological polar surface area (TPSA) is 71.5 Å². The summed E-state index contributed by atoms with van der Waals surface area (Å²) in [6, 6.07) is 3.65. The van der Waals surface area contributed by atoms with Crippen molar-refractivity contribution < 1.29 is 14.3 Å². The molecule has 1 atom stereocenters. The summed E-state index contributed by atoms with van der Waals surface area (Å²) < 4.78 is 5.91. The lowest BCUT2D eigenvalue weighted by molar-refractivity contribution is -0.149. The Morgan fingerprint density at radius 3 is 2.77 bits per heavy atom. The Morgan fingerprint density at radius 2 is 2.08 bits per heavy atom. The molecule has 1 unspecified atom stereocenters. The number of aromatic nitrogens is 1. The zero-order chi connectivity index (χ0) is 18.6. The summed E-state index contributed by atoms with van der Waals surface area (Å²) in [7, 11) is 0. The van der Waals surface area contributed by atoms with Gasteiger partial charge in [-0.05, 0) is 38.3 Å². The van der Waals surface area contributed by atoms with Gasteiger partial charge in [-0.2, -0.15) is 0 Å². The molecule has 1 aromatic heterocycles. The third-order valence-electron chi connectivity index (χ3n) is 5.33. The molecule has 1 N–H and O–H groups in total. The lowest BCUT2D eigenvalue weighted by Crippen LogP contribution is -2.63. The number of carbonyl (C=O) groups excluding carboxylic acids is 2. The van der Waals surface area contributed by atoms with Crippen LogP contribution in [-0.4, -0.2) is 35.0 Å². The van der Waals surface area contributed by atoms with E-state index in [9.17, 15) is 9.59 Å². The van der Waals surface area contributed by atoms with Gasteiger partial charge in [0.15, 0.2) is 11.6 Å².